The average molecular weight is 239 g/mol. The van der Waals surface area contributed by atoms with Crippen LogP contribution in [0.4, 0.5) is 5.82 Å². The maximum absolute atomic E-state index is 5.76. The van der Waals surface area contributed by atoms with Gasteiger partial charge in [-0.15, -0.1) is 11.6 Å². The molecule has 1 unspecified atom stereocenters. The van der Waals surface area contributed by atoms with Crippen molar-refractivity contribution in [3.63, 3.8) is 0 Å². The lowest BCUT2D eigenvalue weighted by Crippen LogP contribution is -2.35. The number of nitrogens with zero attached hydrogens (tertiary/aromatic N) is 2. The van der Waals surface area contributed by atoms with Crippen LogP contribution in [0.1, 0.15) is 31.7 Å². The van der Waals surface area contributed by atoms with E-state index < -0.39 is 0 Å². The van der Waals surface area contributed by atoms with E-state index in [0.717, 1.165) is 30.4 Å². The molecule has 88 valence electrons. The molecule has 1 aliphatic heterocycles. The van der Waals surface area contributed by atoms with Crippen LogP contribution >= 0.6 is 11.6 Å². The number of alkyl halides is 1. The molecule has 2 nitrogen and oxygen atoms in total. The maximum atomic E-state index is 5.76. The molecule has 1 fully saturated rings. The fourth-order valence-electron chi connectivity index (χ4n) is 2.29. The highest BCUT2D eigenvalue weighted by Gasteiger charge is 2.19. The average Bonchev–Trinajstić information content (AvgIpc) is 2.39. The normalized spacial score (nSPS) is 21.1. The quantitative estimate of drug-likeness (QED) is 0.750. The van der Waals surface area contributed by atoms with Crippen molar-refractivity contribution in [1.29, 1.82) is 0 Å². The molecule has 3 heteroatoms. The van der Waals surface area contributed by atoms with Crippen LogP contribution in [0.25, 0.3) is 0 Å². The molecule has 0 N–H and O–H groups in total. The Kier molecular flexibility index (Phi) is 4.05. The molecule has 0 spiro atoms. The van der Waals surface area contributed by atoms with Gasteiger partial charge in [-0.2, -0.15) is 0 Å². The Balaban J connectivity index is 2.05. The van der Waals surface area contributed by atoms with Gasteiger partial charge in [0.2, 0.25) is 0 Å². The second kappa shape index (κ2) is 5.53. The summed E-state index contributed by atoms with van der Waals surface area (Å²) >= 11 is 5.76. The van der Waals surface area contributed by atoms with Crippen LogP contribution in [-0.4, -0.2) is 18.1 Å². The second-order valence-corrected chi connectivity index (χ2v) is 4.79. The molecule has 1 aromatic heterocycles. The predicted molar refractivity (Wildman–Crippen MR) is 69.0 cm³/mol. The summed E-state index contributed by atoms with van der Waals surface area (Å²) < 4.78 is 0. The Morgan fingerprint density at radius 1 is 1.50 bits per heavy atom. The van der Waals surface area contributed by atoms with E-state index in [1.165, 1.54) is 19.3 Å². The van der Waals surface area contributed by atoms with Crippen molar-refractivity contribution < 1.29 is 0 Å². The van der Waals surface area contributed by atoms with Crippen molar-refractivity contribution in [3.05, 3.63) is 23.9 Å². The topological polar surface area (TPSA) is 16.1 Å². The van der Waals surface area contributed by atoms with E-state index in [0.29, 0.717) is 5.88 Å². The minimum Gasteiger partial charge on any atom is -0.356 e. The van der Waals surface area contributed by atoms with Gasteiger partial charge in [0, 0.05) is 25.2 Å². The van der Waals surface area contributed by atoms with E-state index >= 15 is 0 Å². The predicted octanol–water partition coefficient (Wildman–Crippen LogP) is 3.45. The molecule has 0 aromatic carbocycles. The van der Waals surface area contributed by atoms with E-state index in [-0.39, 0.29) is 0 Å². The van der Waals surface area contributed by atoms with Crippen molar-refractivity contribution in [2.75, 3.05) is 18.0 Å². The molecule has 2 rings (SSSR count). The summed E-state index contributed by atoms with van der Waals surface area (Å²) in [4.78, 5) is 6.88. The maximum Gasteiger partial charge on any atom is 0.128 e. The standard InChI is InChI=1S/C13H19ClN2/c1-2-11-4-3-7-16(10-11)13-6-5-12(8-14)9-15-13/h5-6,9,11H,2-4,7-8,10H2,1H3. The van der Waals surface area contributed by atoms with Crippen molar-refractivity contribution in [3.8, 4) is 0 Å². The lowest BCUT2D eigenvalue weighted by Gasteiger charge is -2.33. The highest BCUT2D eigenvalue weighted by molar-refractivity contribution is 6.17. The number of halogens is 1. The highest BCUT2D eigenvalue weighted by atomic mass is 35.5. The van der Waals surface area contributed by atoms with Crippen LogP contribution in [0.5, 0.6) is 0 Å². The fraction of sp³-hybridized carbons (Fsp3) is 0.615. The van der Waals surface area contributed by atoms with Crippen LogP contribution in [0.2, 0.25) is 0 Å². The minimum atomic E-state index is 0.546. The van der Waals surface area contributed by atoms with Gasteiger partial charge in [-0.3, -0.25) is 0 Å². The van der Waals surface area contributed by atoms with Crippen molar-refractivity contribution in [1.82, 2.24) is 4.98 Å². The first-order valence-electron chi connectivity index (χ1n) is 6.09. The number of hydrogen-bond acceptors (Lipinski definition) is 2. The monoisotopic (exact) mass is 238 g/mol. The van der Waals surface area contributed by atoms with Gasteiger partial charge >= 0.3 is 0 Å². The van der Waals surface area contributed by atoms with E-state index in [1.54, 1.807) is 0 Å². The molecule has 1 saturated heterocycles. The van der Waals surface area contributed by atoms with Crippen LogP contribution in [0.15, 0.2) is 18.3 Å². The molecular weight excluding hydrogens is 220 g/mol. The lowest BCUT2D eigenvalue weighted by molar-refractivity contribution is 0.403. The van der Waals surface area contributed by atoms with Crippen molar-refractivity contribution in [2.45, 2.75) is 32.1 Å². The van der Waals surface area contributed by atoms with Crippen LogP contribution in [0, 0.1) is 5.92 Å². The van der Waals surface area contributed by atoms with Gasteiger partial charge in [0.15, 0.2) is 0 Å². The number of anilines is 1. The summed E-state index contributed by atoms with van der Waals surface area (Å²) in [5.41, 5.74) is 1.09. The largest absolute Gasteiger partial charge is 0.356 e. The Bertz CT molecular complexity index is 323. The summed E-state index contributed by atoms with van der Waals surface area (Å²) in [6.45, 7) is 4.58. The number of pyridine rings is 1. The minimum absolute atomic E-state index is 0.546. The van der Waals surface area contributed by atoms with Crippen molar-refractivity contribution in [2.24, 2.45) is 5.92 Å². The van der Waals surface area contributed by atoms with Crippen LogP contribution in [-0.2, 0) is 5.88 Å². The molecular formula is C13H19ClN2. The first-order chi connectivity index (χ1) is 7.83. The van der Waals surface area contributed by atoms with E-state index in [9.17, 15) is 0 Å². The number of aromatic nitrogens is 1. The molecule has 1 atom stereocenters. The number of hydrogen-bond donors (Lipinski definition) is 0. The third kappa shape index (κ3) is 2.67. The molecule has 0 bridgehead atoms. The van der Waals surface area contributed by atoms with Crippen molar-refractivity contribution >= 4 is 17.4 Å². The van der Waals surface area contributed by atoms with Gasteiger partial charge in [-0.1, -0.05) is 19.4 Å². The Hall–Kier alpha value is -0.760. The second-order valence-electron chi connectivity index (χ2n) is 4.52. The molecule has 0 radical (unpaired) electrons. The first kappa shape index (κ1) is 11.7. The fourth-order valence-corrected chi connectivity index (χ4v) is 2.45. The Morgan fingerprint density at radius 2 is 2.38 bits per heavy atom. The Labute approximate surface area is 103 Å². The molecule has 1 aliphatic rings. The zero-order valence-electron chi connectivity index (χ0n) is 9.82. The summed E-state index contributed by atoms with van der Waals surface area (Å²) in [7, 11) is 0. The third-order valence-electron chi connectivity index (χ3n) is 3.38. The van der Waals surface area contributed by atoms with Gasteiger partial charge in [0.05, 0.1) is 0 Å². The van der Waals surface area contributed by atoms with Gasteiger partial charge in [0.25, 0.3) is 0 Å². The van der Waals surface area contributed by atoms with Gasteiger partial charge in [-0.05, 0) is 30.4 Å². The number of rotatable bonds is 3. The smallest absolute Gasteiger partial charge is 0.128 e. The van der Waals surface area contributed by atoms with Crippen LogP contribution < -0.4 is 4.90 Å². The molecule has 0 saturated carbocycles. The third-order valence-corrected chi connectivity index (χ3v) is 3.69. The lowest BCUT2D eigenvalue weighted by atomic mass is 9.96. The highest BCUT2D eigenvalue weighted by Crippen LogP contribution is 2.23. The summed E-state index contributed by atoms with van der Waals surface area (Å²) in [5.74, 6) is 2.49. The van der Waals surface area contributed by atoms with Gasteiger partial charge < -0.3 is 4.90 Å². The summed E-state index contributed by atoms with van der Waals surface area (Å²) in [6, 6.07) is 4.17. The van der Waals surface area contributed by atoms with E-state index in [2.05, 4.69) is 28.9 Å². The summed E-state index contributed by atoms with van der Waals surface area (Å²) in [5, 5.41) is 0. The van der Waals surface area contributed by atoms with Gasteiger partial charge in [-0.25, -0.2) is 4.98 Å². The van der Waals surface area contributed by atoms with Gasteiger partial charge in [0.1, 0.15) is 5.82 Å². The molecule has 2 heterocycles. The zero-order chi connectivity index (χ0) is 11.4. The molecule has 0 aliphatic carbocycles. The SMILES string of the molecule is CCC1CCCN(c2ccc(CCl)cn2)C1. The van der Waals surface area contributed by atoms with E-state index in [1.807, 2.05) is 6.20 Å². The zero-order valence-corrected chi connectivity index (χ0v) is 10.6. The summed E-state index contributed by atoms with van der Waals surface area (Å²) in [6.07, 6.45) is 5.82. The first-order valence-corrected chi connectivity index (χ1v) is 6.62. The molecule has 1 aromatic rings. The number of piperidine rings is 1. The molecule has 0 amide bonds. The molecule has 16 heavy (non-hydrogen) atoms. The van der Waals surface area contributed by atoms with E-state index in [4.69, 9.17) is 11.6 Å². The Morgan fingerprint density at radius 3 is 3.00 bits per heavy atom. The van der Waals surface area contributed by atoms with Crippen LogP contribution in [0.3, 0.4) is 0 Å².